The van der Waals surface area contributed by atoms with Gasteiger partial charge < -0.3 is 14.6 Å². The maximum Gasteiger partial charge on any atom is 0.339 e. The van der Waals surface area contributed by atoms with Gasteiger partial charge in [-0.15, -0.1) is 0 Å². The second kappa shape index (κ2) is 6.04. The Morgan fingerprint density at radius 1 is 1.42 bits per heavy atom. The molecule has 0 atom stereocenters. The third-order valence-electron chi connectivity index (χ3n) is 2.93. The Labute approximate surface area is 112 Å². The van der Waals surface area contributed by atoms with E-state index in [1.54, 1.807) is 12.4 Å². The number of para-hydroxylation sites is 1. The first-order valence-electron chi connectivity index (χ1n) is 6.16. The molecule has 1 N–H and O–H groups in total. The predicted octanol–water partition coefficient (Wildman–Crippen LogP) is 2.30. The summed E-state index contributed by atoms with van der Waals surface area (Å²) in [5.41, 5.74) is 2.37. The van der Waals surface area contributed by atoms with Crippen molar-refractivity contribution in [2.24, 2.45) is 0 Å². The van der Waals surface area contributed by atoms with Crippen molar-refractivity contribution in [2.75, 3.05) is 12.4 Å². The van der Waals surface area contributed by atoms with Crippen molar-refractivity contribution in [2.45, 2.75) is 20.0 Å². The Hall–Kier alpha value is -2.30. The molecule has 1 aromatic heterocycles. The summed E-state index contributed by atoms with van der Waals surface area (Å²) in [6.45, 7) is 3.55. The van der Waals surface area contributed by atoms with Gasteiger partial charge in [-0.1, -0.05) is 12.1 Å². The summed E-state index contributed by atoms with van der Waals surface area (Å²) >= 11 is 0. The number of esters is 1. The lowest BCUT2D eigenvalue weighted by Gasteiger charge is -2.11. The molecule has 0 saturated heterocycles. The fourth-order valence-corrected chi connectivity index (χ4v) is 1.89. The number of benzene rings is 1. The Balaban J connectivity index is 2.14. The van der Waals surface area contributed by atoms with E-state index in [1.165, 1.54) is 7.11 Å². The summed E-state index contributed by atoms with van der Waals surface area (Å²) in [4.78, 5) is 15.7. The molecule has 0 radical (unpaired) electrons. The van der Waals surface area contributed by atoms with Crippen LogP contribution in [-0.4, -0.2) is 22.6 Å². The zero-order valence-electron chi connectivity index (χ0n) is 11.1. The predicted molar refractivity (Wildman–Crippen MR) is 73.0 cm³/mol. The topological polar surface area (TPSA) is 56.2 Å². The van der Waals surface area contributed by atoms with Gasteiger partial charge in [0.15, 0.2) is 0 Å². The molecule has 0 unspecified atom stereocenters. The first kappa shape index (κ1) is 13.1. The number of carbonyl (C=O) groups is 1. The molecule has 0 aliphatic heterocycles. The van der Waals surface area contributed by atoms with Gasteiger partial charge in [0.1, 0.15) is 0 Å². The van der Waals surface area contributed by atoms with E-state index in [4.69, 9.17) is 4.74 Å². The van der Waals surface area contributed by atoms with Crippen LogP contribution in [0.25, 0.3) is 0 Å². The van der Waals surface area contributed by atoms with Gasteiger partial charge in [-0.3, -0.25) is 0 Å². The number of anilines is 1. The molecule has 0 aliphatic rings. The van der Waals surface area contributed by atoms with E-state index in [0.717, 1.165) is 17.9 Å². The Morgan fingerprint density at radius 3 is 2.95 bits per heavy atom. The average Bonchev–Trinajstić information content (AvgIpc) is 2.92. The molecule has 0 aliphatic carbocycles. The minimum atomic E-state index is -0.341. The number of nitrogens with zero attached hydrogens (tertiary/aromatic N) is 2. The number of aryl methyl sites for hydroxylation is 1. The Morgan fingerprint density at radius 2 is 2.21 bits per heavy atom. The SMILES string of the molecule is CCn1cncc1CNc1ccccc1C(=O)OC. The van der Waals surface area contributed by atoms with Gasteiger partial charge in [0.2, 0.25) is 0 Å². The average molecular weight is 259 g/mol. The zero-order valence-corrected chi connectivity index (χ0v) is 11.1. The maximum absolute atomic E-state index is 11.6. The summed E-state index contributed by atoms with van der Waals surface area (Å²) in [7, 11) is 1.38. The van der Waals surface area contributed by atoms with Gasteiger partial charge in [0, 0.05) is 18.4 Å². The molecule has 5 heteroatoms. The summed E-state index contributed by atoms with van der Waals surface area (Å²) in [5.74, 6) is -0.341. The second-order valence-electron chi connectivity index (χ2n) is 4.06. The van der Waals surface area contributed by atoms with Crippen molar-refractivity contribution in [1.29, 1.82) is 0 Å². The van der Waals surface area contributed by atoms with E-state index < -0.39 is 0 Å². The lowest BCUT2D eigenvalue weighted by atomic mass is 10.2. The normalized spacial score (nSPS) is 10.2. The molecule has 5 nitrogen and oxygen atoms in total. The van der Waals surface area contributed by atoms with Crippen LogP contribution in [0.15, 0.2) is 36.8 Å². The lowest BCUT2D eigenvalue weighted by molar-refractivity contribution is 0.0602. The van der Waals surface area contributed by atoms with Crippen molar-refractivity contribution < 1.29 is 9.53 Å². The van der Waals surface area contributed by atoms with E-state index >= 15 is 0 Å². The molecule has 0 fully saturated rings. The minimum Gasteiger partial charge on any atom is -0.465 e. The first-order valence-corrected chi connectivity index (χ1v) is 6.16. The summed E-state index contributed by atoms with van der Waals surface area (Å²) in [6.07, 6.45) is 3.61. The smallest absolute Gasteiger partial charge is 0.339 e. The van der Waals surface area contributed by atoms with Crippen molar-refractivity contribution in [1.82, 2.24) is 9.55 Å². The Kier molecular flexibility index (Phi) is 4.18. The number of aromatic nitrogens is 2. The van der Waals surface area contributed by atoms with Gasteiger partial charge in [-0.2, -0.15) is 0 Å². The van der Waals surface area contributed by atoms with E-state index in [-0.39, 0.29) is 5.97 Å². The van der Waals surface area contributed by atoms with Crippen molar-refractivity contribution >= 4 is 11.7 Å². The van der Waals surface area contributed by atoms with Crippen LogP contribution in [0, 0.1) is 0 Å². The maximum atomic E-state index is 11.6. The Bertz CT molecular complexity index is 563. The zero-order chi connectivity index (χ0) is 13.7. The van der Waals surface area contributed by atoms with E-state index in [0.29, 0.717) is 12.1 Å². The molecule has 0 amide bonds. The van der Waals surface area contributed by atoms with Crippen molar-refractivity contribution in [3.05, 3.63) is 48.0 Å². The second-order valence-corrected chi connectivity index (χ2v) is 4.06. The molecular weight excluding hydrogens is 242 g/mol. The van der Waals surface area contributed by atoms with Crippen LogP contribution in [-0.2, 0) is 17.8 Å². The number of hydrogen-bond donors (Lipinski definition) is 1. The molecule has 19 heavy (non-hydrogen) atoms. The van der Waals surface area contributed by atoms with E-state index in [9.17, 15) is 4.79 Å². The summed E-state index contributed by atoms with van der Waals surface area (Å²) < 4.78 is 6.81. The number of methoxy groups -OCH3 is 1. The van der Waals surface area contributed by atoms with E-state index in [1.807, 2.05) is 29.0 Å². The number of imidazole rings is 1. The fourth-order valence-electron chi connectivity index (χ4n) is 1.89. The van der Waals surface area contributed by atoms with Gasteiger partial charge in [-0.05, 0) is 19.1 Å². The highest BCUT2D eigenvalue weighted by molar-refractivity contribution is 5.95. The number of rotatable bonds is 5. The molecule has 2 rings (SSSR count). The van der Waals surface area contributed by atoms with Crippen LogP contribution in [0.4, 0.5) is 5.69 Å². The van der Waals surface area contributed by atoms with Gasteiger partial charge in [0.05, 0.1) is 31.2 Å². The molecule has 0 saturated carbocycles. The monoisotopic (exact) mass is 259 g/mol. The minimum absolute atomic E-state index is 0.341. The third kappa shape index (κ3) is 2.93. The van der Waals surface area contributed by atoms with Gasteiger partial charge in [-0.25, -0.2) is 9.78 Å². The summed E-state index contributed by atoms with van der Waals surface area (Å²) in [5, 5.41) is 3.24. The standard InChI is InChI=1S/C14H17N3O2/c1-3-17-10-15-8-11(17)9-16-13-7-5-4-6-12(13)14(18)19-2/h4-8,10,16H,3,9H2,1-2H3. The quantitative estimate of drug-likeness (QED) is 0.837. The van der Waals surface area contributed by atoms with Crippen LogP contribution in [0.5, 0.6) is 0 Å². The first-order chi connectivity index (χ1) is 9.26. The number of nitrogens with one attached hydrogen (secondary N) is 1. The highest BCUT2D eigenvalue weighted by Crippen LogP contribution is 2.17. The molecular formula is C14H17N3O2. The lowest BCUT2D eigenvalue weighted by Crippen LogP contribution is -2.10. The summed E-state index contributed by atoms with van der Waals surface area (Å²) in [6, 6.07) is 7.30. The van der Waals surface area contributed by atoms with Crippen LogP contribution in [0.2, 0.25) is 0 Å². The van der Waals surface area contributed by atoms with Gasteiger partial charge >= 0.3 is 5.97 Å². The molecule has 1 aromatic carbocycles. The van der Waals surface area contributed by atoms with Crippen LogP contribution >= 0.6 is 0 Å². The van der Waals surface area contributed by atoms with E-state index in [2.05, 4.69) is 17.2 Å². The van der Waals surface area contributed by atoms with Crippen molar-refractivity contribution in [3.63, 3.8) is 0 Å². The van der Waals surface area contributed by atoms with Crippen molar-refractivity contribution in [3.8, 4) is 0 Å². The molecule has 1 heterocycles. The van der Waals surface area contributed by atoms with Crippen LogP contribution in [0.3, 0.4) is 0 Å². The molecule has 0 spiro atoms. The number of ether oxygens (including phenoxy) is 1. The molecule has 100 valence electrons. The number of hydrogen-bond acceptors (Lipinski definition) is 4. The highest BCUT2D eigenvalue weighted by Gasteiger charge is 2.11. The fraction of sp³-hybridized carbons (Fsp3) is 0.286. The molecule has 0 bridgehead atoms. The largest absolute Gasteiger partial charge is 0.465 e. The third-order valence-corrected chi connectivity index (χ3v) is 2.93. The number of carbonyl (C=O) groups excluding carboxylic acids is 1. The highest BCUT2D eigenvalue weighted by atomic mass is 16.5. The molecule has 2 aromatic rings. The van der Waals surface area contributed by atoms with Gasteiger partial charge in [0.25, 0.3) is 0 Å². The van der Waals surface area contributed by atoms with Crippen LogP contribution < -0.4 is 5.32 Å². The van der Waals surface area contributed by atoms with Crippen LogP contribution in [0.1, 0.15) is 23.0 Å².